The van der Waals surface area contributed by atoms with Crippen LogP contribution in [0.5, 0.6) is 0 Å². The highest BCUT2D eigenvalue weighted by Gasteiger charge is 2.28. The number of hydrogen-bond donors (Lipinski definition) is 0. The Morgan fingerprint density at radius 1 is 1.11 bits per heavy atom. The summed E-state index contributed by atoms with van der Waals surface area (Å²) in [5.74, 6) is 1.32. The first-order valence-electron chi connectivity index (χ1n) is 7.54. The van der Waals surface area contributed by atoms with Crippen LogP contribution in [0.15, 0.2) is 24.3 Å². The number of ketones is 1. The largest absolute Gasteiger partial charge is 0.381 e. The maximum absolute atomic E-state index is 12.7. The molecule has 0 bridgehead atoms. The third-order valence-electron chi connectivity index (χ3n) is 4.61. The Balaban J connectivity index is 1.74. The van der Waals surface area contributed by atoms with E-state index in [9.17, 15) is 4.79 Å². The van der Waals surface area contributed by atoms with Crippen molar-refractivity contribution in [2.45, 2.75) is 38.5 Å². The van der Waals surface area contributed by atoms with Gasteiger partial charge in [-0.25, -0.2) is 0 Å². The predicted octanol–water partition coefficient (Wildman–Crippen LogP) is 3.64. The molecular weight excluding hydrogens is 236 g/mol. The third-order valence-corrected chi connectivity index (χ3v) is 4.61. The molecule has 0 spiro atoms. The van der Waals surface area contributed by atoms with Gasteiger partial charge in [0.25, 0.3) is 0 Å². The summed E-state index contributed by atoms with van der Waals surface area (Å²) in [5.41, 5.74) is 2.24. The molecule has 2 heteroatoms. The zero-order chi connectivity index (χ0) is 13.1. The van der Waals surface area contributed by atoms with Crippen molar-refractivity contribution in [2.24, 2.45) is 11.8 Å². The summed E-state index contributed by atoms with van der Waals surface area (Å²) in [6.07, 6.45) is 6.60. The van der Waals surface area contributed by atoms with E-state index < -0.39 is 0 Å². The molecule has 1 saturated heterocycles. The van der Waals surface area contributed by atoms with Gasteiger partial charge >= 0.3 is 0 Å². The fourth-order valence-electron chi connectivity index (χ4n) is 3.48. The lowest BCUT2D eigenvalue weighted by Crippen LogP contribution is -2.22. The summed E-state index contributed by atoms with van der Waals surface area (Å²) in [4.78, 5) is 12.7. The average molecular weight is 258 g/mol. The van der Waals surface area contributed by atoms with Crippen molar-refractivity contribution >= 4 is 5.78 Å². The molecule has 1 unspecified atom stereocenters. The molecule has 2 nitrogen and oxygen atoms in total. The number of carbonyl (C=O) groups is 1. The van der Waals surface area contributed by atoms with Crippen molar-refractivity contribution < 1.29 is 9.53 Å². The first kappa shape index (κ1) is 12.9. The number of Topliss-reactive ketones (excluding diaryl/α,β-unsaturated/α-hetero) is 1. The molecule has 1 heterocycles. The Morgan fingerprint density at radius 3 is 2.74 bits per heavy atom. The van der Waals surface area contributed by atoms with E-state index in [0.717, 1.165) is 57.3 Å². The van der Waals surface area contributed by atoms with Gasteiger partial charge in [-0.3, -0.25) is 4.79 Å². The molecule has 0 amide bonds. The highest BCUT2D eigenvalue weighted by molar-refractivity contribution is 5.99. The van der Waals surface area contributed by atoms with E-state index in [-0.39, 0.29) is 5.92 Å². The van der Waals surface area contributed by atoms with Crippen LogP contribution < -0.4 is 0 Å². The lowest BCUT2D eigenvalue weighted by atomic mass is 9.83. The minimum atomic E-state index is 0.242. The molecule has 0 aromatic heterocycles. The van der Waals surface area contributed by atoms with Gasteiger partial charge in [-0.05, 0) is 50.0 Å². The minimum absolute atomic E-state index is 0.242. The second kappa shape index (κ2) is 5.87. The van der Waals surface area contributed by atoms with Gasteiger partial charge in [-0.15, -0.1) is 0 Å². The van der Waals surface area contributed by atoms with Gasteiger partial charge in [-0.2, -0.15) is 0 Å². The first-order chi connectivity index (χ1) is 9.34. The molecule has 2 aliphatic rings. The second-order valence-corrected chi connectivity index (χ2v) is 5.90. The van der Waals surface area contributed by atoms with E-state index in [1.807, 2.05) is 18.2 Å². The second-order valence-electron chi connectivity index (χ2n) is 5.90. The molecule has 1 aliphatic heterocycles. The predicted molar refractivity (Wildman–Crippen MR) is 75.4 cm³/mol. The molecule has 0 saturated carbocycles. The van der Waals surface area contributed by atoms with E-state index in [4.69, 9.17) is 4.74 Å². The zero-order valence-corrected chi connectivity index (χ0v) is 11.4. The van der Waals surface area contributed by atoms with Gasteiger partial charge in [0.05, 0.1) is 0 Å². The van der Waals surface area contributed by atoms with Crippen LogP contribution in [0.25, 0.3) is 0 Å². The summed E-state index contributed by atoms with van der Waals surface area (Å²) in [7, 11) is 0. The van der Waals surface area contributed by atoms with Crippen LogP contribution in [-0.2, 0) is 11.2 Å². The highest BCUT2D eigenvalue weighted by Crippen LogP contribution is 2.31. The van der Waals surface area contributed by atoms with Crippen LogP contribution in [0.1, 0.15) is 48.0 Å². The van der Waals surface area contributed by atoms with E-state index in [1.54, 1.807) is 0 Å². The topological polar surface area (TPSA) is 26.3 Å². The summed E-state index contributed by atoms with van der Waals surface area (Å²) in [6, 6.07) is 8.17. The van der Waals surface area contributed by atoms with Gasteiger partial charge in [-0.1, -0.05) is 24.3 Å². The van der Waals surface area contributed by atoms with Crippen LogP contribution in [-0.4, -0.2) is 19.0 Å². The van der Waals surface area contributed by atoms with Crippen molar-refractivity contribution in [3.8, 4) is 0 Å². The molecule has 1 aromatic rings. The Morgan fingerprint density at radius 2 is 1.89 bits per heavy atom. The molecule has 0 N–H and O–H groups in total. The van der Waals surface area contributed by atoms with E-state index in [0.29, 0.717) is 11.7 Å². The van der Waals surface area contributed by atoms with Crippen molar-refractivity contribution in [1.82, 2.24) is 0 Å². The normalized spacial score (nSPS) is 24.8. The number of benzene rings is 1. The molecular formula is C17H22O2. The number of aryl methyl sites for hydroxylation is 1. The van der Waals surface area contributed by atoms with E-state index in [2.05, 4.69) is 6.07 Å². The maximum Gasteiger partial charge on any atom is 0.166 e. The highest BCUT2D eigenvalue weighted by atomic mass is 16.5. The lowest BCUT2D eigenvalue weighted by Gasteiger charge is -2.25. The van der Waals surface area contributed by atoms with Crippen LogP contribution in [0.3, 0.4) is 0 Å². The van der Waals surface area contributed by atoms with Crippen LogP contribution >= 0.6 is 0 Å². The van der Waals surface area contributed by atoms with Gasteiger partial charge in [0.1, 0.15) is 0 Å². The van der Waals surface area contributed by atoms with Crippen molar-refractivity contribution in [3.63, 3.8) is 0 Å². The van der Waals surface area contributed by atoms with Crippen molar-refractivity contribution in [2.75, 3.05) is 13.2 Å². The van der Waals surface area contributed by atoms with Gasteiger partial charge in [0.2, 0.25) is 0 Å². The number of fused-ring (bicyclic) bond motifs is 1. The van der Waals surface area contributed by atoms with Gasteiger partial charge < -0.3 is 4.74 Å². The Bertz CT molecular complexity index is 446. The van der Waals surface area contributed by atoms with Crippen molar-refractivity contribution in [3.05, 3.63) is 35.4 Å². The molecule has 19 heavy (non-hydrogen) atoms. The van der Waals surface area contributed by atoms with Crippen LogP contribution in [0.2, 0.25) is 0 Å². The molecule has 0 radical (unpaired) electrons. The summed E-state index contributed by atoms with van der Waals surface area (Å²) < 4.78 is 5.41. The monoisotopic (exact) mass is 258 g/mol. The molecule has 1 aromatic carbocycles. The first-order valence-corrected chi connectivity index (χ1v) is 7.54. The number of ether oxygens (including phenoxy) is 1. The summed E-state index contributed by atoms with van der Waals surface area (Å²) >= 11 is 0. The lowest BCUT2D eigenvalue weighted by molar-refractivity contribution is 0.0554. The zero-order valence-electron chi connectivity index (χ0n) is 11.4. The summed E-state index contributed by atoms with van der Waals surface area (Å²) in [6.45, 7) is 1.75. The summed E-state index contributed by atoms with van der Waals surface area (Å²) in [5, 5.41) is 0. The minimum Gasteiger partial charge on any atom is -0.381 e. The Kier molecular flexibility index (Phi) is 3.97. The van der Waals surface area contributed by atoms with Crippen molar-refractivity contribution in [1.29, 1.82) is 0 Å². The fourth-order valence-corrected chi connectivity index (χ4v) is 3.48. The molecule has 3 rings (SSSR count). The Labute approximate surface area is 115 Å². The van der Waals surface area contributed by atoms with E-state index in [1.165, 1.54) is 5.56 Å². The van der Waals surface area contributed by atoms with Gasteiger partial charge in [0, 0.05) is 24.7 Å². The molecule has 102 valence electrons. The molecule has 1 aliphatic carbocycles. The van der Waals surface area contributed by atoms with E-state index >= 15 is 0 Å². The number of hydrogen-bond acceptors (Lipinski definition) is 2. The Hall–Kier alpha value is -1.15. The standard InChI is InChI=1S/C17H22O2/c18-17-15(12-13-8-10-19-11-9-13)6-3-5-14-4-1-2-7-16(14)17/h1-2,4,7,13,15H,3,5-6,8-12H2. The van der Waals surface area contributed by atoms with Crippen LogP contribution in [0.4, 0.5) is 0 Å². The van der Waals surface area contributed by atoms with Gasteiger partial charge in [0.15, 0.2) is 5.78 Å². The van der Waals surface area contributed by atoms with Crippen LogP contribution in [0, 0.1) is 11.8 Å². The number of rotatable bonds is 2. The third kappa shape index (κ3) is 2.89. The molecule has 1 atom stereocenters. The SMILES string of the molecule is O=C1c2ccccc2CCCC1CC1CCOCC1. The molecule has 1 fully saturated rings. The fraction of sp³-hybridized carbons (Fsp3) is 0.588. The quantitative estimate of drug-likeness (QED) is 0.757. The number of carbonyl (C=O) groups excluding carboxylic acids is 1. The average Bonchev–Trinajstić information content (AvgIpc) is 2.61. The maximum atomic E-state index is 12.7. The smallest absolute Gasteiger partial charge is 0.166 e.